The summed E-state index contributed by atoms with van der Waals surface area (Å²) in [6.45, 7) is 4.23. The Hall–Kier alpha value is -1.52. The molecule has 1 N–H and O–H groups in total. The van der Waals surface area contributed by atoms with E-state index in [9.17, 15) is 9.59 Å². The Morgan fingerprint density at radius 3 is 2.86 bits per heavy atom. The molecule has 1 fully saturated rings. The molecular formula is C9H14N3O2. The second-order valence-corrected chi connectivity index (χ2v) is 3.15. The van der Waals surface area contributed by atoms with Crippen molar-refractivity contribution in [3.05, 3.63) is 12.7 Å². The molecule has 5 heteroatoms. The number of carbonyl (C=O) groups excluding carboxylic acids is 2. The summed E-state index contributed by atoms with van der Waals surface area (Å²) < 4.78 is 0. The number of nitrogens with zero attached hydrogens (tertiary/aromatic N) is 2. The van der Waals surface area contributed by atoms with Gasteiger partial charge in [0.05, 0.1) is 6.54 Å². The van der Waals surface area contributed by atoms with E-state index in [-0.39, 0.29) is 12.5 Å². The molecule has 1 heterocycles. The highest BCUT2D eigenvalue weighted by atomic mass is 16.2. The first-order valence-corrected chi connectivity index (χ1v) is 4.61. The molecule has 3 amide bonds. The lowest BCUT2D eigenvalue weighted by Gasteiger charge is -2.35. The van der Waals surface area contributed by atoms with Crippen molar-refractivity contribution in [2.75, 3.05) is 13.1 Å². The van der Waals surface area contributed by atoms with Crippen LogP contribution >= 0.6 is 0 Å². The van der Waals surface area contributed by atoms with Gasteiger partial charge in [0.15, 0.2) is 0 Å². The fourth-order valence-corrected chi connectivity index (χ4v) is 1.46. The third kappa shape index (κ3) is 2.25. The third-order valence-corrected chi connectivity index (χ3v) is 2.13. The Kier molecular flexibility index (Phi) is 3.50. The normalized spacial score (nSPS) is 16.6. The van der Waals surface area contributed by atoms with Crippen LogP contribution in [0.5, 0.6) is 0 Å². The highest BCUT2D eigenvalue weighted by Gasteiger charge is 2.25. The molecule has 1 aliphatic heterocycles. The summed E-state index contributed by atoms with van der Waals surface area (Å²) in [6.07, 6.45) is 3.71. The van der Waals surface area contributed by atoms with Crippen LogP contribution in [0, 0.1) is 0 Å². The molecule has 14 heavy (non-hydrogen) atoms. The number of hydrazine groups is 1. The largest absolute Gasteiger partial charge is 0.355 e. The van der Waals surface area contributed by atoms with E-state index in [1.165, 1.54) is 11.1 Å². The van der Waals surface area contributed by atoms with Crippen LogP contribution in [-0.2, 0) is 4.79 Å². The maximum absolute atomic E-state index is 11.4. The van der Waals surface area contributed by atoms with Gasteiger partial charge in [0.1, 0.15) is 0 Å². The van der Waals surface area contributed by atoms with Crippen LogP contribution in [0.3, 0.4) is 0 Å². The van der Waals surface area contributed by atoms with Gasteiger partial charge in [0, 0.05) is 13.0 Å². The number of nitrogens with one attached hydrogen (secondary N) is 1. The van der Waals surface area contributed by atoms with Crippen LogP contribution in [-0.4, -0.2) is 35.0 Å². The molecule has 0 spiro atoms. The van der Waals surface area contributed by atoms with Crippen molar-refractivity contribution in [3.63, 3.8) is 0 Å². The van der Waals surface area contributed by atoms with Gasteiger partial charge in [-0.2, -0.15) is 0 Å². The highest BCUT2D eigenvalue weighted by molar-refractivity contribution is 5.80. The van der Waals surface area contributed by atoms with Gasteiger partial charge in [-0.15, -0.1) is 6.58 Å². The Balaban J connectivity index is 2.69. The van der Waals surface area contributed by atoms with Crippen molar-refractivity contribution in [3.8, 4) is 0 Å². The summed E-state index contributed by atoms with van der Waals surface area (Å²) >= 11 is 0. The first kappa shape index (κ1) is 10.6. The van der Waals surface area contributed by atoms with E-state index in [4.69, 9.17) is 5.73 Å². The molecule has 77 valence electrons. The van der Waals surface area contributed by atoms with Crippen LogP contribution in [0.15, 0.2) is 12.7 Å². The number of carbonyl (C=O) groups is 2. The lowest BCUT2D eigenvalue weighted by Crippen LogP contribution is -2.51. The molecule has 0 aromatic heterocycles. The average Bonchev–Trinajstić information content (AvgIpc) is 2.15. The number of urea groups is 1. The van der Waals surface area contributed by atoms with Crippen molar-refractivity contribution < 1.29 is 9.59 Å². The summed E-state index contributed by atoms with van der Waals surface area (Å²) in [6, 6.07) is -0.861. The maximum atomic E-state index is 11.4. The minimum Gasteiger partial charge on any atom is -0.273 e. The standard InChI is InChI=1S/C9H14N3O2/c1-2-6-12(9(10)14)11-7-4-3-5-8(11)13/h2,10H,1,3-7H2. The van der Waals surface area contributed by atoms with Crippen LogP contribution < -0.4 is 5.73 Å². The van der Waals surface area contributed by atoms with Gasteiger partial charge in [-0.1, -0.05) is 6.08 Å². The molecule has 0 bridgehead atoms. The first-order valence-electron chi connectivity index (χ1n) is 4.61. The maximum Gasteiger partial charge on any atom is 0.355 e. The molecule has 0 saturated carbocycles. The fourth-order valence-electron chi connectivity index (χ4n) is 1.46. The lowest BCUT2D eigenvalue weighted by atomic mass is 10.1. The molecule has 0 atom stereocenters. The van der Waals surface area contributed by atoms with Gasteiger partial charge < -0.3 is 0 Å². The lowest BCUT2D eigenvalue weighted by molar-refractivity contribution is -0.146. The SMILES string of the molecule is C=CCN(C([NH])=O)N1CCCCC1=O. The summed E-state index contributed by atoms with van der Waals surface area (Å²) in [5.74, 6) is -0.0845. The second kappa shape index (κ2) is 4.64. The molecular weight excluding hydrogens is 182 g/mol. The summed E-state index contributed by atoms with van der Waals surface area (Å²) in [7, 11) is 0. The molecule has 1 saturated heterocycles. The van der Waals surface area contributed by atoms with Gasteiger partial charge in [0.25, 0.3) is 0 Å². The van der Waals surface area contributed by atoms with Crippen LogP contribution in [0.2, 0.25) is 0 Å². The average molecular weight is 196 g/mol. The summed E-state index contributed by atoms with van der Waals surface area (Å²) in [5, 5.41) is 2.47. The fraction of sp³-hybridized carbons (Fsp3) is 0.556. The molecule has 1 rings (SSSR count). The zero-order valence-electron chi connectivity index (χ0n) is 8.03. The predicted octanol–water partition coefficient (Wildman–Crippen LogP) is 0.805. The van der Waals surface area contributed by atoms with Crippen molar-refractivity contribution in [2.24, 2.45) is 0 Å². The van der Waals surface area contributed by atoms with E-state index in [0.29, 0.717) is 13.0 Å². The van der Waals surface area contributed by atoms with Gasteiger partial charge in [-0.3, -0.25) is 4.79 Å². The minimum absolute atomic E-state index is 0.0845. The highest BCUT2D eigenvalue weighted by Crippen LogP contribution is 2.13. The molecule has 1 aliphatic rings. The van der Waals surface area contributed by atoms with Gasteiger partial charge in [-0.25, -0.2) is 20.5 Å². The zero-order chi connectivity index (χ0) is 10.6. The Morgan fingerprint density at radius 1 is 1.64 bits per heavy atom. The molecule has 1 radical (unpaired) electrons. The topological polar surface area (TPSA) is 64.4 Å². The van der Waals surface area contributed by atoms with E-state index in [2.05, 4.69) is 6.58 Å². The van der Waals surface area contributed by atoms with E-state index >= 15 is 0 Å². The Morgan fingerprint density at radius 2 is 2.36 bits per heavy atom. The second-order valence-electron chi connectivity index (χ2n) is 3.15. The van der Waals surface area contributed by atoms with Crippen molar-refractivity contribution in [1.29, 1.82) is 0 Å². The summed E-state index contributed by atoms with van der Waals surface area (Å²) in [5.41, 5.74) is 7.01. The smallest absolute Gasteiger partial charge is 0.273 e. The molecule has 5 nitrogen and oxygen atoms in total. The Labute approximate surface area is 83.1 Å². The van der Waals surface area contributed by atoms with Crippen molar-refractivity contribution >= 4 is 11.9 Å². The summed E-state index contributed by atoms with van der Waals surface area (Å²) in [4.78, 5) is 22.4. The number of rotatable bonds is 3. The molecule has 0 aromatic carbocycles. The van der Waals surface area contributed by atoms with E-state index < -0.39 is 6.03 Å². The van der Waals surface area contributed by atoms with Crippen molar-refractivity contribution in [1.82, 2.24) is 15.8 Å². The van der Waals surface area contributed by atoms with Gasteiger partial charge in [-0.05, 0) is 12.8 Å². The van der Waals surface area contributed by atoms with Crippen LogP contribution in [0.4, 0.5) is 4.79 Å². The number of hydrogen-bond donors (Lipinski definition) is 0. The van der Waals surface area contributed by atoms with E-state index in [1.54, 1.807) is 0 Å². The van der Waals surface area contributed by atoms with Crippen molar-refractivity contribution in [2.45, 2.75) is 19.3 Å². The zero-order valence-corrected chi connectivity index (χ0v) is 8.03. The number of amides is 3. The van der Waals surface area contributed by atoms with Crippen LogP contribution in [0.1, 0.15) is 19.3 Å². The minimum atomic E-state index is -0.861. The predicted molar refractivity (Wildman–Crippen MR) is 51.0 cm³/mol. The Bertz CT molecular complexity index is 252. The quantitative estimate of drug-likeness (QED) is 0.627. The number of hydrogen-bond acceptors (Lipinski definition) is 2. The number of piperidine rings is 1. The van der Waals surface area contributed by atoms with E-state index in [0.717, 1.165) is 17.9 Å². The van der Waals surface area contributed by atoms with Gasteiger partial charge >= 0.3 is 6.03 Å². The van der Waals surface area contributed by atoms with Crippen LogP contribution in [0.25, 0.3) is 0 Å². The molecule has 0 unspecified atom stereocenters. The third-order valence-electron chi connectivity index (χ3n) is 2.13. The first-order chi connectivity index (χ1) is 6.66. The van der Waals surface area contributed by atoms with Gasteiger partial charge in [0.2, 0.25) is 5.91 Å². The molecule has 0 aromatic rings. The monoisotopic (exact) mass is 196 g/mol. The van der Waals surface area contributed by atoms with E-state index in [1.807, 2.05) is 0 Å². The molecule has 0 aliphatic carbocycles.